The predicted octanol–water partition coefficient (Wildman–Crippen LogP) is 2.30. The lowest BCUT2D eigenvalue weighted by atomic mass is 10.1. The number of aliphatic carboxylic acids is 1. The Morgan fingerprint density at radius 1 is 1.45 bits per heavy atom. The van der Waals surface area contributed by atoms with E-state index < -0.39 is 12.0 Å². The van der Waals surface area contributed by atoms with Gasteiger partial charge in [0.2, 0.25) is 5.91 Å². The summed E-state index contributed by atoms with van der Waals surface area (Å²) in [6.07, 6.45) is 1.88. The first kappa shape index (κ1) is 14.4. The fourth-order valence-corrected chi connectivity index (χ4v) is 2.14. The summed E-state index contributed by atoms with van der Waals surface area (Å²) >= 11 is 5.95. The van der Waals surface area contributed by atoms with Crippen LogP contribution in [0.4, 0.5) is 0 Å². The van der Waals surface area contributed by atoms with Gasteiger partial charge in [0, 0.05) is 29.2 Å². The van der Waals surface area contributed by atoms with E-state index in [2.05, 4.69) is 4.98 Å². The van der Waals surface area contributed by atoms with Crippen LogP contribution in [0.3, 0.4) is 0 Å². The van der Waals surface area contributed by atoms with Crippen LogP contribution < -0.4 is 0 Å². The quantitative estimate of drug-likeness (QED) is 0.908. The number of benzene rings is 1. The molecule has 2 rings (SSSR count). The fourth-order valence-electron chi connectivity index (χ4n) is 1.97. The molecule has 1 amide bonds. The first-order valence-corrected chi connectivity index (χ1v) is 6.52. The average molecular weight is 295 g/mol. The van der Waals surface area contributed by atoms with Crippen molar-refractivity contribution < 1.29 is 14.7 Å². The Morgan fingerprint density at radius 2 is 2.15 bits per heavy atom. The molecule has 0 aliphatic heterocycles. The molecule has 106 valence electrons. The second-order valence-corrected chi connectivity index (χ2v) is 5.14. The molecule has 0 saturated carbocycles. The van der Waals surface area contributed by atoms with E-state index >= 15 is 0 Å². The summed E-state index contributed by atoms with van der Waals surface area (Å²) in [4.78, 5) is 27.3. The third-order valence-corrected chi connectivity index (χ3v) is 3.64. The molecule has 0 aliphatic carbocycles. The van der Waals surface area contributed by atoms with E-state index in [9.17, 15) is 9.59 Å². The minimum absolute atomic E-state index is 0.133. The molecule has 5 nitrogen and oxygen atoms in total. The Hall–Kier alpha value is -2.01. The average Bonchev–Trinajstić information content (AvgIpc) is 2.79. The predicted molar refractivity (Wildman–Crippen MR) is 76.9 cm³/mol. The number of hydrogen-bond acceptors (Lipinski definition) is 2. The third kappa shape index (κ3) is 2.77. The molecule has 1 heterocycles. The molecule has 2 N–H and O–H groups in total. The van der Waals surface area contributed by atoms with Crippen LogP contribution >= 0.6 is 11.6 Å². The van der Waals surface area contributed by atoms with Crippen molar-refractivity contribution >= 4 is 34.4 Å². The lowest BCUT2D eigenvalue weighted by Crippen LogP contribution is -2.40. The maximum absolute atomic E-state index is 12.1. The summed E-state index contributed by atoms with van der Waals surface area (Å²) in [5.74, 6) is -1.27. The van der Waals surface area contributed by atoms with Gasteiger partial charge in [0.1, 0.15) is 6.04 Å². The van der Waals surface area contributed by atoms with Gasteiger partial charge in [-0.2, -0.15) is 0 Å². The highest BCUT2D eigenvalue weighted by molar-refractivity contribution is 6.31. The SMILES string of the molecule is CC(C(=O)O)N(C)C(=O)Cc1c[nH]c2ccc(Cl)cc12. The molecule has 1 unspecified atom stereocenters. The van der Waals surface area contributed by atoms with Gasteiger partial charge in [0.05, 0.1) is 6.42 Å². The molecule has 0 bridgehead atoms. The van der Waals surface area contributed by atoms with Crippen molar-refractivity contribution in [2.45, 2.75) is 19.4 Å². The topological polar surface area (TPSA) is 73.4 Å². The highest BCUT2D eigenvalue weighted by Gasteiger charge is 2.22. The van der Waals surface area contributed by atoms with E-state index in [1.54, 1.807) is 18.3 Å². The Labute approximate surface area is 121 Å². The Kier molecular flexibility index (Phi) is 3.99. The number of carbonyl (C=O) groups is 2. The lowest BCUT2D eigenvalue weighted by Gasteiger charge is -2.21. The molecule has 0 fully saturated rings. The maximum atomic E-state index is 12.1. The van der Waals surface area contributed by atoms with Crippen LogP contribution in [0.2, 0.25) is 5.02 Å². The molecule has 20 heavy (non-hydrogen) atoms. The lowest BCUT2D eigenvalue weighted by molar-refractivity contribution is -0.147. The van der Waals surface area contributed by atoms with Gasteiger partial charge in [-0.1, -0.05) is 11.6 Å². The summed E-state index contributed by atoms with van der Waals surface area (Å²) in [6.45, 7) is 1.48. The van der Waals surface area contributed by atoms with Gasteiger partial charge >= 0.3 is 5.97 Å². The van der Waals surface area contributed by atoms with Crippen molar-refractivity contribution in [3.63, 3.8) is 0 Å². The van der Waals surface area contributed by atoms with Crippen molar-refractivity contribution in [2.75, 3.05) is 7.05 Å². The van der Waals surface area contributed by atoms with E-state index in [0.29, 0.717) is 5.02 Å². The zero-order chi connectivity index (χ0) is 14.9. The number of likely N-dealkylation sites (N-methyl/N-ethyl adjacent to an activating group) is 1. The molecule has 0 saturated heterocycles. The number of amides is 1. The molecule has 0 radical (unpaired) electrons. The van der Waals surface area contributed by atoms with Crippen LogP contribution in [0, 0.1) is 0 Å². The summed E-state index contributed by atoms with van der Waals surface area (Å²) < 4.78 is 0. The minimum atomic E-state index is -1.03. The van der Waals surface area contributed by atoms with E-state index in [0.717, 1.165) is 16.5 Å². The number of rotatable bonds is 4. The van der Waals surface area contributed by atoms with Crippen LogP contribution in [0.1, 0.15) is 12.5 Å². The molecule has 6 heteroatoms. The molecule has 0 aliphatic rings. The van der Waals surface area contributed by atoms with Gasteiger partial charge in [-0.3, -0.25) is 4.79 Å². The van der Waals surface area contributed by atoms with Crippen LogP contribution in [-0.2, 0) is 16.0 Å². The van der Waals surface area contributed by atoms with E-state index in [1.165, 1.54) is 18.9 Å². The number of aromatic amines is 1. The van der Waals surface area contributed by atoms with Gasteiger partial charge in [0.15, 0.2) is 0 Å². The Morgan fingerprint density at radius 3 is 2.80 bits per heavy atom. The van der Waals surface area contributed by atoms with Gasteiger partial charge in [-0.15, -0.1) is 0 Å². The number of halogens is 1. The first-order valence-electron chi connectivity index (χ1n) is 6.14. The number of nitrogens with zero attached hydrogens (tertiary/aromatic N) is 1. The smallest absolute Gasteiger partial charge is 0.326 e. The number of carbonyl (C=O) groups excluding carboxylic acids is 1. The van der Waals surface area contributed by atoms with Crippen molar-refractivity contribution in [2.24, 2.45) is 0 Å². The maximum Gasteiger partial charge on any atom is 0.326 e. The molecule has 0 spiro atoms. The summed E-state index contributed by atoms with van der Waals surface area (Å²) in [5, 5.41) is 10.4. The normalized spacial score (nSPS) is 12.3. The number of carboxylic acids is 1. The van der Waals surface area contributed by atoms with Crippen molar-refractivity contribution in [1.29, 1.82) is 0 Å². The number of aromatic nitrogens is 1. The first-order chi connectivity index (χ1) is 9.40. The summed E-state index contributed by atoms with van der Waals surface area (Å²) in [6, 6.07) is 4.55. The Bertz CT molecular complexity index is 665. The summed E-state index contributed by atoms with van der Waals surface area (Å²) in [7, 11) is 1.49. The van der Waals surface area contributed by atoms with Gasteiger partial charge in [-0.05, 0) is 30.7 Å². The second-order valence-electron chi connectivity index (χ2n) is 4.70. The second kappa shape index (κ2) is 5.54. The van der Waals surface area contributed by atoms with E-state index in [1.807, 2.05) is 6.07 Å². The van der Waals surface area contributed by atoms with E-state index in [4.69, 9.17) is 16.7 Å². The van der Waals surface area contributed by atoms with Crippen molar-refractivity contribution in [3.8, 4) is 0 Å². The van der Waals surface area contributed by atoms with Crippen molar-refractivity contribution in [3.05, 3.63) is 35.0 Å². The third-order valence-electron chi connectivity index (χ3n) is 3.40. The standard InChI is InChI=1S/C14H15ClN2O3/c1-8(14(19)20)17(2)13(18)5-9-7-16-12-4-3-10(15)6-11(9)12/h3-4,6-8,16H,5H2,1-2H3,(H,19,20). The van der Waals surface area contributed by atoms with Crippen molar-refractivity contribution in [1.82, 2.24) is 9.88 Å². The Balaban J connectivity index is 2.22. The van der Waals surface area contributed by atoms with Crippen LogP contribution in [0.25, 0.3) is 10.9 Å². The van der Waals surface area contributed by atoms with Crippen LogP contribution in [0.15, 0.2) is 24.4 Å². The number of hydrogen-bond donors (Lipinski definition) is 2. The molecule has 1 aromatic heterocycles. The van der Waals surface area contributed by atoms with Gasteiger partial charge < -0.3 is 15.0 Å². The zero-order valence-corrected chi connectivity index (χ0v) is 11.9. The molecular formula is C14H15ClN2O3. The van der Waals surface area contributed by atoms with Crippen LogP contribution in [-0.4, -0.2) is 40.0 Å². The van der Waals surface area contributed by atoms with Crippen LogP contribution in [0.5, 0.6) is 0 Å². The zero-order valence-electron chi connectivity index (χ0n) is 11.2. The number of carboxylic acid groups (broad SMARTS) is 1. The largest absolute Gasteiger partial charge is 0.480 e. The summed E-state index contributed by atoms with van der Waals surface area (Å²) in [5.41, 5.74) is 1.70. The highest BCUT2D eigenvalue weighted by atomic mass is 35.5. The molecule has 1 atom stereocenters. The monoisotopic (exact) mass is 294 g/mol. The van der Waals surface area contributed by atoms with E-state index in [-0.39, 0.29) is 12.3 Å². The molecule has 1 aromatic carbocycles. The van der Waals surface area contributed by atoms with Gasteiger partial charge in [0.25, 0.3) is 0 Å². The fraction of sp³-hybridized carbons (Fsp3) is 0.286. The molecule has 2 aromatic rings. The van der Waals surface area contributed by atoms with Gasteiger partial charge in [-0.25, -0.2) is 4.79 Å². The molecular weight excluding hydrogens is 280 g/mol. The minimum Gasteiger partial charge on any atom is -0.480 e. The highest BCUT2D eigenvalue weighted by Crippen LogP contribution is 2.23. The number of nitrogens with one attached hydrogen (secondary N) is 1. The number of fused-ring (bicyclic) bond motifs is 1. The number of H-pyrrole nitrogens is 1.